The first-order valence-corrected chi connectivity index (χ1v) is 9.85. The molecule has 136 valence electrons. The Morgan fingerprint density at radius 3 is 2.38 bits per heavy atom. The lowest BCUT2D eigenvalue weighted by Gasteiger charge is -2.42. The Morgan fingerprint density at radius 1 is 1.17 bits per heavy atom. The Hall–Kier alpha value is -1.06. The lowest BCUT2D eigenvalue weighted by molar-refractivity contribution is 0.0669. The van der Waals surface area contributed by atoms with Crippen LogP contribution in [0.4, 0.5) is 0 Å². The van der Waals surface area contributed by atoms with Gasteiger partial charge in [-0.25, -0.2) is 0 Å². The van der Waals surface area contributed by atoms with Crippen LogP contribution in [0.2, 0.25) is 0 Å². The zero-order valence-corrected chi connectivity index (χ0v) is 16.1. The average molecular weight is 333 g/mol. The van der Waals surface area contributed by atoms with E-state index in [2.05, 4.69) is 43.6 Å². The predicted octanol–water partition coefficient (Wildman–Crippen LogP) is 4.57. The highest BCUT2D eigenvalue weighted by molar-refractivity contribution is 5.33. The highest BCUT2D eigenvalue weighted by Gasteiger charge is 2.27. The Balaban J connectivity index is 1.91. The van der Waals surface area contributed by atoms with Crippen LogP contribution < -0.4 is 0 Å². The first-order chi connectivity index (χ1) is 11.6. The number of piperidine rings is 1. The van der Waals surface area contributed by atoms with Crippen LogP contribution in [-0.4, -0.2) is 46.6 Å². The molecule has 0 aromatic heterocycles. The molecule has 1 aliphatic rings. The van der Waals surface area contributed by atoms with E-state index < -0.39 is 0 Å². The van der Waals surface area contributed by atoms with Crippen molar-refractivity contribution in [3.05, 3.63) is 29.3 Å². The van der Waals surface area contributed by atoms with E-state index in [0.29, 0.717) is 5.75 Å². The van der Waals surface area contributed by atoms with E-state index in [4.69, 9.17) is 0 Å². The van der Waals surface area contributed by atoms with Gasteiger partial charge in [0.25, 0.3) is 0 Å². The van der Waals surface area contributed by atoms with Crippen molar-refractivity contribution in [3.63, 3.8) is 0 Å². The van der Waals surface area contributed by atoms with Gasteiger partial charge in [-0.15, -0.1) is 0 Å². The van der Waals surface area contributed by atoms with Crippen molar-refractivity contribution in [1.82, 2.24) is 9.80 Å². The summed E-state index contributed by atoms with van der Waals surface area (Å²) in [6.45, 7) is 13.7. The molecule has 2 rings (SSSR count). The van der Waals surface area contributed by atoms with Crippen LogP contribution >= 0.6 is 0 Å². The summed E-state index contributed by atoms with van der Waals surface area (Å²) in [4.78, 5) is 5.37. The van der Waals surface area contributed by atoms with Gasteiger partial charge in [-0.1, -0.05) is 26.8 Å². The van der Waals surface area contributed by atoms with Crippen molar-refractivity contribution in [2.24, 2.45) is 0 Å². The van der Waals surface area contributed by atoms with Gasteiger partial charge in [-0.05, 0) is 81.9 Å². The lowest BCUT2D eigenvalue weighted by atomic mass is 9.98. The zero-order chi connectivity index (χ0) is 17.5. The normalized spacial score (nSPS) is 17.1. The van der Waals surface area contributed by atoms with Gasteiger partial charge >= 0.3 is 0 Å². The van der Waals surface area contributed by atoms with E-state index in [9.17, 15) is 5.11 Å². The number of phenols is 1. The summed E-state index contributed by atoms with van der Waals surface area (Å²) >= 11 is 0. The molecule has 0 aliphatic carbocycles. The molecule has 1 fully saturated rings. The largest absolute Gasteiger partial charge is 0.508 e. The van der Waals surface area contributed by atoms with E-state index in [-0.39, 0.29) is 0 Å². The number of hydrogen-bond acceptors (Lipinski definition) is 3. The second kappa shape index (κ2) is 9.43. The van der Waals surface area contributed by atoms with E-state index in [1.54, 1.807) is 0 Å². The van der Waals surface area contributed by atoms with E-state index in [1.165, 1.54) is 62.9 Å². The summed E-state index contributed by atoms with van der Waals surface area (Å²) in [5, 5.41) is 9.57. The quantitative estimate of drug-likeness (QED) is 0.755. The number of likely N-dealkylation sites (tertiary alicyclic amines) is 1. The van der Waals surface area contributed by atoms with Gasteiger partial charge < -0.3 is 5.11 Å². The van der Waals surface area contributed by atoms with Crippen LogP contribution in [-0.2, 0) is 6.54 Å². The van der Waals surface area contributed by atoms with Crippen molar-refractivity contribution < 1.29 is 5.11 Å². The number of aryl methyl sites for hydroxylation is 1. The van der Waals surface area contributed by atoms with E-state index in [1.807, 2.05) is 12.1 Å². The summed E-state index contributed by atoms with van der Waals surface area (Å²) in [6, 6.07) is 7.26. The van der Waals surface area contributed by atoms with Crippen LogP contribution in [0.5, 0.6) is 5.75 Å². The number of aromatic hydroxyl groups is 1. The fourth-order valence-corrected chi connectivity index (χ4v) is 4.19. The van der Waals surface area contributed by atoms with Crippen molar-refractivity contribution in [1.29, 1.82) is 0 Å². The molecule has 0 atom stereocenters. The molecule has 0 bridgehead atoms. The highest BCUT2D eigenvalue weighted by atomic mass is 16.3. The second-order valence-corrected chi connectivity index (χ2v) is 7.33. The van der Waals surface area contributed by atoms with Gasteiger partial charge in [-0.2, -0.15) is 0 Å². The summed E-state index contributed by atoms with van der Waals surface area (Å²) in [5.74, 6) is 0.371. The Bertz CT molecular complexity index is 491. The molecule has 1 aromatic rings. The molecule has 1 aromatic carbocycles. The molecule has 3 heteroatoms. The van der Waals surface area contributed by atoms with Gasteiger partial charge in [0.05, 0.1) is 0 Å². The first kappa shape index (κ1) is 19.3. The zero-order valence-electron chi connectivity index (χ0n) is 16.1. The molecule has 1 saturated heterocycles. The van der Waals surface area contributed by atoms with Crippen molar-refractivity contribution >= 4 is 0 Å². The van der Waals surface area contributed by atoms with E-state index >= 15 is 0 Å². The summed E-state index contributed by atoms with van der Waals surface area (Å²) in [6.07, 6.45) is 6.36. The van der Waals surface area contributed by atoms with Crippen LogP contribution in [0.3, 0.4) is 0 Å². The highest BCUT2D eigenvalue weighted by Crippen LogP contribution is 2.24. The third-order valence-corrected chi connectivity index (χ3v) is 5.64. The lowest BCUT2D eigenvalue weighted by Crippen LogP contribution is -2.49. The number of phenolic OH excluding ortho intramolecular Hbond substituents is 1. The maximum Gasteiger partial charge on any atom is 0.115 e. The smallest absolute Gasteiger partial charge is 0.115 e. The Kier molecular flexibility index (Phi) is 7.57. The molecule has 1 aliphatic heterocycles. The summed E-state index contributed by atoms with van der Waals surface area (Å²) in [7, 11) is 0. The molecule has 0 saturated carbocycles. The maximum absolute atomic E-state index is 9.57. The molecular weight excluding hydrogens is 296 g/mol. The molecule has 0 amide bonds. The van der Waals surface area contributed by atoms with Gasteiger partial charge in [0.1, 0.15) is 5.75 Å². The minimum Gasteiger partial charge on any atom is -0.508 e. The third kappa shape index (κ3) is 4.97. The van der Waals surface area contributed by atoms with Gasteiger partial charge in [-0.3, -0.25) is 9.80 Å². The molecule has 1 N–H and O–H groups in total. The molecular formula is C21H36N2O. The maximum atomic E-state index is 9.57. The van der Waals surface area contributed by atoms with Crippen molar-refractivity contribution in [3.8, 4) is 5.75 Å². The van der Waals surface area contributed by atoms with Crippen LogP contribution in [0.25, 0.3) is 0 Å². The number of nitrogens with zero attached hydrogens (tertiary/aromatic N) is 2. The van der Waals surface area contributed by atoms with Crippen molar-refractivity contribution in [2.45, 2.75) is 78.4 Å². The minimum absolute atomic E-state index is 0.371. The molecule has 0 unspecified atom stereocenters. The van der Waals surface area contributed by atoms with E-state index in [0.717, 1.165) is 18.6 Å². The second-order valence-electron chi connectivity index (χ2n) is 7.33. The molecule has 1 heterocycles. The average Bonchev–Trinajstić information content (AvgIpc) is 2.58. The molecule has 24 heavy (non-hydrogen) atoms. The molecule has 0 radical (unpaired) electrons. The fourth-order valence-electron chi connectivity index (χ4n) is 4.19. The topological polar surface area (TPSA) is 26.7 Å². The van der Waals surface area contributed by atoms with Crippen LogP contribution in [0.15, 0.2) is 18.2 Å². The third-order valence-electron chi connectivity index (χ3n) is 5.64. The fraction of sp³-hybridized carbons (Fsp3) is 0.714. The van der Waals surface area contributed by atoms with Crippen molar-refractivity contribution in [2.75, 3.05) is 19.6 Å². The monoisotopic (exact) mass is 332 g/mol. The standard InChI is InChI=1S/C21H36N2O/c1-5-12-23(19(6-2)7-3)20-10-13-22(14-11-20)16-18-8-9-21(24)15-17(18)4/h8-9,15,19-20,24H,5-7,10-14,16H2,1-4H3. The predicted molar refractivity (Wildman–Crippen MR) is 103 cm³/mol. The summed E-state index contributed by atoms with van der Waals surface area (Å²) in [5.41, 5.74) is 2.54. The number of rotatable bonds is 8. The van der Waals surface area contributed by atoms with Crippen LogP contribution in [0.1, 0.15) is 64.0 Å². The van der Waals surface area contributed by atoms with Gasteiger partial charge in [0, 0.05) is 18.6 Å². The SMILES string of the molecule is CCCN(C(CC)CC)C1CCN(Cc2ccc(O)cc2C)CC1. The van der Waals surface area contributed by atoms with Gasteiger partial charge in [0.2, 0.25) is 0 Å². The number of hydrogen-bond donors (Lipinski definition) is 1. The Morgan fingerprint density at radius 2 is 1.83 bits per heavy atom. The minimum atomic E-state index is 0.371. The molecule has 3 nitrogen and oxygen atoms in total. The first-order valence-electron chi connectivity index (χ1n) is 9.85. The van der Waals surface area contributed by atoms with Gasteiger partial charge in [0.15, 0.2) is 0 Å². The van der Waals surface area contributed by atoms with Crippen LogP contribution in [0, 0.1) is 6.92 Å². The Labute approximate surface area is 148 Å². The molecule has 0 spiro atoms. The number of benzene rings is 1. The summed E-state index contributed by atoms with van der Waals surface area (Å²) < 4.78 is 0.